The van der Waals surface area contributed by atoms with Crippen LogP contribution in [0.5, 0.6) is 0 Å². The van der Waals surface area contributed by atoms with Crippen molar-refractivity contribution >= 4 is 32.9 Å². The first-order chi connectivity index (χ1) is 13.8. The van der Waals surface area contributed by atoms with Gasteiger partial charge in [0.25, 0.3) is 0 Å². The van der Waals surface area contributed by atoms with E-state index in [4.69, 9.17) is 4.98 Å². The molecule has 0 spiro atoms. The molecule has 144 valence electrons. The van der Waals surface area contributed by atoms with Gasteiger partial charge >= 0.3 is 0 Å². The summed E-state index contributed by atoms with van der Waals surface area (Å²) >= 11 is 1.80. The van der Waals surface area contributed by atoms with Gasteiger partial charge in [-0.2, -0.15) is 0 Å². The van der Waals surface area contributed by atoms with Crippen LogP contribution in [-0.2, 0) is 6.54 Å². The van der Waals surface area contributed by atoms with Crippen molar-refractivity contribution in [3.8, 4) is 0 Å². The van der Waals surface area contributed by atoms with E-state index in [2.05, 4.69) is 45.7 Å². The lowest BCUT2D eigenvalue weighted by Crippen LogP contribution is -2.25. The number of rotatable bonds is 3. The van der Waals surface area contributed by atoms with Crippen LogP contribution in [0.1, 0.15) is 55.2 Å². The Labute approximate surface area is 169 Å². The van der Waals surface area contributed by atoms with Gasteiger partial charge in [-0.05, 0) is 37.5 Å². The topological polar surface area (TPSA) is 62.7 Å². The Morgan fingerprint density at radius 1 is 1.18 bits per heavy atom. The fraction of sp³-hybridized carbons (Fsp3) is 0.409. The van der Waals surface area contributed by atoms with Crippen LogP contribution in [0.4, 0.5) is 5.95 Å². The third-order valence-corrected chi connectivity index (χ3v) is 6.84. The zero-order chi connectivity index (χ0) is 18.9. The van der Waals surface area contributed by atoms with Crippen LogP contribution < -0.4 is 10.6 Å². The van der Waals surface area contributed by atoms with E-state index in [1.165, 1.54) is 52.6 Å². The number of nitrogens with zero attached hydrogens (tertiary/aromatic N) is 3. The lowest BCUT2D eigenvalue weighted by atomic mass is 9.96. The first kappa shape index (κ1) is 17.8. The van der Waals surface area contributed by atoms with Crippen molar-refractivity contribution in [2.75, 3.05) is 5.32 Å². The Morgan fingerprint density at radius 3 is 2.93 bits per heavy atom. The van der Waals surface area contributed by atoms with Gasteiger partial charge in [-0.1, -0.05) is 25.3 Å². The standard InChI is InChI=1S/C22H25N5S/c1-14-9-17(21-10-15-11-23-8-7-20(15)28-21)18-12-25-22(27-19(18)13-24-14)26-16-5-3-2-4-6-16/h7-12,14,16,24H,2-6,13H2,1H3,(H,25,26,27)/t14-/m1/s1. The van der Waals surface area contributed by atoms with Crippen molar-refractivity contribution in [3.63, 3.8) is 0 Å². The summed E-state index contributed by atoms with van der Waals surface area (Å²) in [4.78, 5) is 15.1. The summed E-state index contributed by atoms with van der Waals surface area (Å²) in [6.07, 6.45) is 14.5. The summed E-state index contributed by atoms with van der Waals surface area (Å²) in [7, 11) is 0. The molecule has 3 aromatic rings. The second kappa shape index (κ2) is 7.60. The molecule has 4 heterocycles. The Hall–Kier alpha value is -2.31. The van der Waals surface area contributed by atoms with E-state index in [1.54, 1.807) is 11.3 Å². The smallest absolute Gasteiger partial charge is 0.223 e. The summed E-state index contributed by atoms with van der Waals surface area (Å²) in [6.45, 7) is 2.94. The van der Waals surface area contributed by atoms with Gasteiger partial charge in [0.15, 0.2) is 0 Å². The predicted octanol–water partition coefficient (Wildman–Crippen LogP) is 4.75. The molecule has 0 aromatic carbocycles. The maximum atomic E-state index is 4.90. The van der Waals surface area contributed by atoms with Gasteiger partial charge < -0.3 is 10.6 Å². The highest BCUT2D eigenvalue weighted by atomic mass is 32.1. The molecule has 0 amide bonds. The lowest BCUT2D eigenvalue weighted by molar-refractivity contribution is 0.460. The van der Waals surface area contributed by atoms with Crippen LogP contribution in [0.15, 0.2) is 36.8 Å². The van der Waals surface area contributed by atoms with E-state index < -0.39 is 0 Å². The minimum absolute atomic E-state index is 0.280. The molecule has 1 aliphatic carbocycles. The van der Waals surface area contributed by atoms with E-state index in [9.17, 15) is 0 Å². The predicted molar refractivity (Wildman–Crippen MR) is 116 cm³/mol. The maximum absolute atomic E-state index is 4.90. The molecule has 0 unspecified atom stereocenters. The van der Waals surface area contributed by atoms with Crippen LogP contribution in [-0.4, -0.2) is 27.0 Å². The highest BCUT2D eigenvalue weighted by Gasteiger charge is 2.21. The van der Waals surface area contributed by atoms with Gasteiger partial charge in [-0.25, -0.2) is 9.97 Å². The van der Waals surface area contributed by atoms with Gasteiger partial charge in [0.05, 0.1) is 5.69 Å². The molecule has 6 heteroatoms. The normalized spacial score (nSPS) is 20.5. The summed E-state index contributed by atoms with van der Waals surface area (Å²) in [6, 6.07) is 5.10. The molecule has 2 N–H and O–H groups in total. The van der Waals surface area contributed by atoms with Crippen molar-refractivity contribution in [2.45, 2.75) is 57.7 Å². The van der Waals surface area contributed by atoms with Crippen molar-refractivity contribution < 1.29 is 0 Å². The van der Waals surface area contributed by atoms with E-state index in [-0.39, 0.29) is 6.04 Å². The highest BCUT2D eigenvalue weighted by Crippen LogP contribution is 2.36. The molecule has 1 saturated carbocycles. The Balaban J connectivity index is 1.50. The van der Waals surface area contributed by atoms with Gasteiger partial charge in [-0.15, -0.1) is 11.3 Å². The van der Waals surface area contributed by atoms with E-state index in [0.717, 1.165) is 23.8 Å². The van der Waals surface area contributed by atoms with Crippen LogP contribution in [0, 0.1) is 0 Å². The zero-order valence-electron chi connectivity index (χ0n) is 16.1. The highest BCUT2D eigenvalue weighted by molar-refractivity contribution is 7.20. The van der Waals surface area contributed by atoms with Gasteiger partial charge in [0, 0.05) is 57.7 Å². The third kappa shape index (κ3) is 3.54. The summed E-state index contributed by atoms with van der Waals surface area (Å²) < 4.78 is 1.26. The van der Waals surface area contributed by atoms with Crippen LogP contribution in [0.25, 0.3) is 15.7 Å². The fourth-order valence-electron chi connectivity index (χ4n) is 4.16. The van der Waals surface area contributed by atoms with Gasteiger partial charge in [0.2, 0.25) is 5.95 Å². The van der Waals surface area contributed by atoms with E-state index in [0.29, 0.717) is 6.04 Å². The Bertz CT molecular complexity index is 986. The third-order valence-electron chi connectivity index (χ3n) is 5.69. The van der Waals surface area contributed by atoms with Crippen LogP contribution >= 0.6 is 11.3 Å². The number of aromatic nitrogens is 3. The average molecular weight is 392 g/mol. The molecule has 0 bridgehead atoms. The minimum Gasteiger partial charge on any atom is -0.351 e. The molecule has 5 rings (SSSR count). The quantitative estimate of drug-likeness (QED) is 0.674. The lowest BCUT2D eigenvalue weighted by Gasteiger charge is -2.23. The minimum atomic E-state index is 0.280. The number of hydrogen-bond donors (Lipinski definition) is 2. The number of fused-ring (bicyclic) bond motifs is 2. The Morgan fingerprint density at radius 2 is 2.07 bits per heavy atom. The number of anilines is 1. The molecular formula is C22H25N5S. The molecule has 0 radical (unpaired) electrons. The molecule has 3 aromatic heterocycles. The molecule has 0 saturated heterocycles. The first-order valence-electron chi connectivity index (χ1n) is 10.2. The second-order valence-electron chi connectivity index (χ2n) is 7.81. The maximum Gasteiger partial charge on any atom is 0.223 e. The fourth-order valence-corrected chi connectivity index (χ4v) is 5.23. The van der Waals surface area contributed by atoms with Crippen molar-refractivity contribution in [3.05, 3.63) is 52.9 Å². The van der Waals surface area contributed by atoms with Crippen molar-refractivity contribution in [1.29, 1.82) is 0 Å². The molecule has 28 heavy (non-hydrogen) atoms. The first-order valence-corrected chi connectivity index (χ1v) is 11.0. The van der Waals surface area contributed by atoms with Crippen LogP contribution in [0.3, 0.4) is 0 Å². The Kier molecular flexibility index (Phi) is 4.82. The van der Waals surface area contributed by atoms with E-state index in [1.807, 2.05) is 18.6 Å². The van der Waals surface area contributed by atoms with Crippen LogP contribution in [0.2, 0.25) is 0 Å². The summed E-state index contributed by atoms with van der Waals surface area (Å²) in [5.74, 6) is 0.766. The second-order valence-corrected chi connectivity index (χ2v) is 8.89. The summed E-state index contributed by atoms with van der Waals surface area (Å²) in [5, 5.41) is 8.31. The number of nitrogens with one attached hydrogen (secondary N) is 2. The molecule has 2 aliphatic rings. The zero-order valence-corrected chi connectivity index (χ0v) is 16.9. The average Bonchev–Trinajstić information content (AvgIpc) is 3.08. The molecular weight excluding hydrogens is 366 g/mol. The van der Waals surface area contributed by atoms with Crippen molar-refractivity contribution in [2.24, 2.45) is 0 Å². The molecule has 1 aliphatic heterocycles. The number of thiophene rings is 1. The van der Waals surface area contributed by atoms with E-state index >= 15 is 0 Å². The van der Waals surface area contributed by atoms with Gasteiger partial charge in [0.1, 0.15) is 0 Å². The molecule has 5 nitrogen and oxygen atoms in total. The van der Waals surface area contributed by atoms with Gasteiger partial charge in [-0.3, -0.25) is 4.98 Å². The SMILES string of the molecule is C[C@@H]1C=C(c2cc3cnccc3s2)c2cnc(NC3CCCCC3)nc2CN1. The molecule has 1 atom stereocenters. The largest absolute Gasteiger partial charge is 0.351 e. The monoisotopic (exact) mass is 391 g/mol. The van der Waals surface area contributed by atoms with Crippen molar-refractivity contribution in [1.82, 2.24) is 20.3 Å². The number of pyridine rings is 1. The number of hydrogen-bond acceptors (Lipinski definition) is 6. The molecule has 1 fully saturated rings. The summed E-state index contributed by atoms with van der Waals surface area (Å²) in [5.41, 5.74) is 3.42.